The number of ether oxygens (including phenoxy) is 1. The number of nitrogens with zero attached hydrogens (tertiary/aromatic N) is 1. The fourth-order valence-electron chi connectivity index (χ4n) is 2.48. The van der Waals surface area contributed by atoms with Gasteiger partial charge >= 0.3 is 6.03 Å². The SMILES string of the molecule is COCc1cccc(C2C(=N)NC(=O)N2CC(C)C)c1. The second kappa shape index (κ2) is 6.05. The third-order valence-corrected chi connectivity index (χ3v) is 3.23. The standard InChI is InChI=1S/C15H21N3O2/c1-10(2)8-18-13(14(16)17-15(18)19)12-6-4-5-11(7-12)9-20-3/h4-7,10,13H,8-9H2,1-3H3,(H2,16,17,19). The molecule has 1 fully saturated rings. The maximum atomic E-state index is 12.0. The maximum absolute atomic E-state index is 12.0. The van der Waals surface area contributed by atoms with Gasteiger partial charge in [-0.1, -0.05) is 38.1 Å². The van der Waals surface area contributed by atoms with E-state index < -0.39 is 0 Å². The van der Waals surface area contributed by atoms with Crippen molar-refractivity contribution in [3.63, 3.8) is 0 Å². The summed E-state index contributed by atoms with van der Waals surface area (Å²) in [6.45, 7) is 5.29. The van der Waals surface area contributed by atoms with Crippen molar-refractivity contribution in [2.45, 2.75) is 26.5 Å². The van der Waals surface area contributed by atoms with E-state index in [2.05, 4.69) is 19.2 Å². The number of amides is 2. The van der Waals surface area contributed by atoms with Crippen molar-refractivity contribution in [3.8, 4) is 0 Å². The Kier molecular flexibility index (Phi) is 4.39. The Labute approximate surface area is 119 Å². The van der Waals surface area contributed by atoms with Crippen LogP contribution < -0.4 is 5.32 Å². The molecular formula is C15H21N3O2. The number of carbonyl (C=O) groups excluding carboxylic acids is 1. The second-order valence-corrected chi connectivity index (χ2v) is 5.47. The molecule has 0 radical (unpaired) electrons. The molecule has 2 N–H and O–H groups in total. The number of hydrogen-bond donors (Lipinski definition) is 2. The van der Waals surface area contributed by atoms with Gasteiger partial charge in [-0.3, -0.25) is 10.7 Å². The van der Waals surface area contributed by atoms with Crippen LogP contribution in [0.1, 0.15) is 31.0 Å². The molecule has 5 nitrogen and oxygen atoms in total. The Morgan fingerprint density at radius 3 is 2.85 bits per heavy atom. The first-order valence-electron chi connectivity index (χ1n) is 6.76. The van der Waals surface area contributed by atoms with Crippen molar-refractivity contribution < 1.29 is 9.53 Å². The molecule has 20 heavy (non-hydrogen) atoms. The summed E-state index contributed by atoms with van der Waals surface area (Å²) in [7, 11) is 1.65. The molecule has 0 saturated carbocycles. The predicted octanol–water partition coefficient (Wildman–Crippen LogP) is 2.53. The fraction of sp³-hybridized carbons (Fsp3) is 0.467. The fourth-order valence-corrected chi connectivity index (χ4v) is 2.48. The zero-order valence-corrected chi connectivity index (χ0v) is 12.1. The Hall–Kier alpha value is -1.88. The van der Waals surface area contributed by atoms with Crippen molar-refractivity contribution in [1.82, 2.24) is 10.2 Å². The topological polar surface area (TPSA) is 65.4 Å². The number of benzene rings is 1. The molecule has 2 amide bonds. The minimum absolute atomic E-state index is 0.189. The van der Waals surface area contributed by atoms with Gasteiger partial charge in [-0.2, -0.15) is 0 Å². The molecule has 1 saturated heterocycles. The number of rotatable bonds is 5. The van der Waals surface area contributed by atoms with E-state index >= 15 is 0 Å². The highest BCUT2D eigenvalue weighted by atomic mass is 16.5. The van der Waals surface area contributed by atoms with Crippen LogP contribution in [0.5, 0.6) is 0 Å². The van der Waals surface area contributed by atoms with E-state index in [1.807, 2.05) is 24.3 Å². The van der Waals surface area contributed by atoms with Gasteiger partial charge in [0.15, 0.2) is 0 Å². The number of urea groups is 1. The van der Waals surface area contributed by atoms with Crippen LogP contribution in [0.2, 0.25) is 0 Å². The summed E-state index contributed by atoms with van der Waals surface area (Å²) < 4.78 is 5.14. The van der Waals surface area contributed by atoms with Crippen LogP contribution in [0.25, 0.3) is 0 Å². The third kappa shape index (κ3) is 2.99. The van der Waals surface area contributed by atoms with Crippen LogP contribution in [-0.4, -0.2) is 30.4 Å². The highest BCUT2D eigenvalue weighted by Crippen LogP contribution is 2.27. The molecule has 0 aromatic heterocycles. The predicted molar refractivity (Wildman–Crippen MR) is 77.7 cm³/mol. The number of methoxy groups -OCH3 is 1. The molecule has 1 atom stereocenters. The van der Waals surface area contributed by atoms with Gasteiger partial charge in [0, 0.05) is 13.7 Å². The van der Waals surface area contributed by atoms with Gasteiger partial charge in [-0.25, -0.2) is 4.79 Å². The van der Waals surface area contributed by atoms with E-state index in [0.29, 0.717) is 19.1 Å². The monoisotopic (exact) mass is 275 g/mol. The van der Waals surface area contributed by atoms with Gasteiger partial charge in [0.05, 0.1) is 6.61 Å². The lowest BCUT2D eigenvalue weighted by atomic mass is 10.0. The highest BCUT2D eigenvalue weighted by molar-refractivity contribution is 6.06. The second-order valence-electron chi connectivity index (χ2n) is 5.47. The Morgan fingerprint density at radius 2 is 2.20 bits per heavy atom. The maximum Gasteiger partial charge on any atom is 0.323 e. The van der Waals surface area contributed by atoms with Gasteiger partial charge in [-0.05, 0) is 17.0 Å². The molecule has 0 spiro atoms. The summed E-state index contributed by atoms with van der Waals surface area (Å²) in [5.41, 5.74) is 1.99. The van der Waals surface area contributed by atoms with E-state index in [9.17, 15) is 4.79 Å². The lowest BCUT2D eigenvalue weighted by molar-refractivity contribution is 0.184. The zero-order valence-electron chi connectivity index (χ0n) is 12.1. The molecule has 2 rings (SSSR count). The molecule has 1 aliphatic rings. The molecule has 0 bridgehead atoms. The van der Waals surface area contributed by atoms with Gasteiger partial charge in [0.2, 0.25) is 0 Å². The lowest BCUT2D eigenvalue weighted by Gasteiger charge is -2.25. The van der Waals surface area contributed by atoms with Crippen molar-refractivity contribution in [2.75, 3.05) is 13.7 Å². The van der Waals surface area contributed by atoms with E-state index in [1.54, 1.807) is 12.0 Å². The average molecular weight is 275 g/mol. The Balaban J connectivity index is 2.30. The van der Waals surface area contributed by atoms with E-state index in [4.69, 9.17) is 10.1 Å². The Morgan fingerprint density at radius 1 is 1.45 bits per heavy atom. The van der Waals surface area contributed by atoms with Gasteiger partial charge in [0.1, 0.15) is 11.9 Å². The minimum Gasteiger partial charge on any atom is -0.380 e. The molecular weight excluding hydrogens is 254 g/mol. The number of nitrogens with one attached hydrogen (secondary N) is 2. The minimum atomic E-state index is -0.318. The van der Waals surface area contributed by atoms with Crippen molar-refractivity contribution in [1.29, 1.82) is 5.41 Å². The molecule has 1 unspecified atom stereocenters. The van der Waals surface area contributed by atoms with Crippen LogP contribution in [0.15, 0.2) is 24.3 Å². The van der Waals surface area contributed by atoms with Gasteiger partial charge in [-0.15, -0.1) is 0 Å². The smallest absolute Gasteiger partial charge is 0.323 e. The summed E-state index contributed by atoms with van der Waals surface area (Å²) >= 11 is 0. The molecule has 0 aliphatic carbocycles. The van der Waals surface area contributed by atoms with Crippen LogP contribution in [0.3, 0.4) is 0 Å². The first-order chi connectivity index (χ1) is 9.52. The molecule has 1 aromatic rings. The largest absolute Gasteiger partial charge is 0.380 e. The quantitative estimate of drug-likeness (QED) is 0.867. The summed E-state index contributed by atoms with van der Waals surface area (Å²) in [5.74, 6) is 0.599. The first kappa shape index (κ1) is 14.5. The summed E-state index contributed by atoms with van der Waals surface area (Å²) in [6, 6.07) is 7.36. The summed E-state index contributed by atoms with van der Waals surface area (Å²) in [5, 5.41) is 10.6. The lowest BCUT2D eigenvalue weighted by Crippen LogP contribution is -2.33. The van der Waals surface area contributed by atoms with Crippen molar-refractivity contribution in [2.24, 2.45) is 5.92 Å². The normalized spacial score (nSPS) is 18.8. The molecule has 108 valence electrons. The van der Waals surface area contributed by atoms with Crippen molar-refractivity contribution in [3.05, 3.63) is 35.4 Å². The molecule has 5 heteroatoms. The number of hydrogen-bond acceptors (Lipinski definition) is 3. The Bertz CT molecular complexity index is 514. The van der Waals surface area contributed by atoms with Crippen LogP contribution in [0.4, 0.5) is 4.79 Å². The molecule has 1 heterocycles. The van der Waals surface area contributed by atoms with E-state index in [1.165, 1.54) is 0 Å². The highest BCUT2D eigenvalue weighted by Gasteiger charge is 2.36. The number of amidine groups is 1. The van der Waals surface area contributed by atoms with Crippen LogP contribution in [0, 0.1) is 11.3 Å². The van der Waals surface area contributed by atoms with Gasteiger partial charge in [0.25, 0.3) is 0 Å². The average Bonchev–Trinajstić information content (AvgIpc) is 2.64. The van der Waals surface area contributed by atoms with E-state index in [0.717, 1.165) is 11.1 Å². The third-order valence-electron chi connectivity index (χ3n) is 3.23. The van der Waals surface area contributed by atoms with Crippen LogP contribution in [-0.2, 0) is 11.3 Å². The zero-order chi connectivity index (χ0) is 14.7. The molecule has 1 aliphatic heterocycles. The van der Waals surface area contributed by atoms with E-state index in [-0.39, 0.29) is 17.9 Å². The summed E-state index contributed by atoms with van der Waals surface area (Å²) in [6.07, 6.45) is 0. The number of carbonyl (C=O) groups is 1. The van der Waals surface area contributed by atoms with Crippen LogP contribution >= 0.6 is 0 Å². The summed E-state index contributed by atoms with van der Waals surface area (Å²) in [4.78, 5) is 13.7. The van der Waals surface area contributed by atoms with Crippen molar-refractivity contribution >= 4 is 11.9 Å². The van der Waals surface area contributed by atoms with Gasteiger partial charge < -0.3 is 9.64 Å². The first-order valence-corrected chi connectivity index (χ1v) is 6.76. The molecule has 1 aromatic carbocycles.